The van der Waals surface area contributed by atoms with Gasteiger partial charge in [0.15, 0.2) is 0 Å². The Morgan fingerprint density at radius 1 is 1.03 bits per heavy atom. The minimum Gasteiger partial charge on any atom is -0.497 e. The van der Waals surface area contributed by atoms with Gasteiger partial charge in [-0.2, -0.15) is 0 Å². The van der Waals surface area contributed by atoms with Crippen molar-refractivity contribution < 1.29 is 33.7 Å². The van der Waals surface area contributed by atoms with Crippen molar-refractivity contribution in [2.24, 2.45) is 11.8 Å². The molecule has 1 amide bonds. The van der Waals surface area contributed by atoms with Gasteiger partial charge in [0.1, 0.15) is 23.7 Å². The summed E-state index contributed by atoms with van der Waals surface area (Å²) in [4.78, 5) is 35.9. The van der Waals surface area contributed by atoms with Crippen LogP contribution < -0.4 is 14.8 Å². The summed E-state index contributed by atoms with van der Waals surface area (Å²) in [6.07, 6.45) is 2.28. The molecule has 0 atom stereocenters. The predicted octanol–water partition coefficient (Wildman–Crippen LogP) is 4.03. The van der Waals surface area contributed by atoms with E-state index in [4.69, 9.17) is 14.2 Å². The Hall–Kier alpha value is -3.55. The first-order valence-corrected chi connectivity index (χ1v) is 10.5. The third-order valence-corrected chi connectivity index (χ3v) is 5.56. The van der Waals surface area contributed by atoms with Crippen LogP contribution in [0.25, 0.3) is 0 Å². The maximum absolute atomic E-state index is 12.6. The molecule has 32 heavy (non-hydrogen) atoms. The van der Waals surface area contributed by atoms with Crippen LogP contribution in [0.2, 0.25) is 0 Å². The third-order valence-electron chi connectivity index (χ3n) is 5.56. The number of carbonyl (C=O) groups excluding carboxylic acids is 2. The lowest BCUT2D eigenvalue weighted by Crippen LogP contribution is -2.33. The lowest BCUT2D eigenvalue weighted by atomic mass is 9.82. The lowest BCUT2D eigenvalue weighted by molar-refractivity contribution is -0.140. The molecule has 0 bridgehead atoms. The maximum Gasteiger partial charge on any atom is 0.407 e. The first-order chi connectivity index (χ1) is 15.5. The fourth-order valence-electron chi connectivity index (χ4n) is 3.69. The second-order valence-corrected chi connectivity index (χ2v) is 7.75. The van der Waals surface area contributed by atoms with Gasteiger partial charge in [-0.3, -0.25) is 4.79 Å². The van der Waals surface area contributed by atoms with Gasteiger partial charge in [-0.1, -0.05) is 30.3 Å². The number of aromatic carboxylic acids is 1. The molecule has 0 saturated heterocycles. The minimum atomic E-state index is -1.19. The molecule has 0 spiro atoms. The highest BCUT2D eigenvalue weighted by molar-refractivity contribution is 5.92. The molecule has 2 aromatic rings. The summed E-state index contributed by atoms with van der Waals surface area (Å²) in [7, 11) is 1.43. The molecule has 2 aromatic carbocycles. The molecule has 0 heterocycles. The Kier molecular flexibility index (Phi) is 8.08. The molecular weight excluding hydrogens is 414 g/mol. The summed E-state index contributed by atoms with van der Waals surface area (Å²) in [5.74, 6) is -1.31. The number of methoxy groups -OCH3 is 1. The molecule has 1 fully saturated rings. The number of amides is 1. The first kappa shape index (κ1) is 23.1. The third kappa shape index (κ3) is 6.47. The molecule has 170 valence electrons. The van der Waals surface area contributed by atoms with Gasteiger partial charge < -0.3 is 24.6 Å². The molecular formula is C24H27NO7. The second-order valence-electron chi connectivity index (χ2n) is 7.75. The Bertz CT molecular complexity index is 937. The standard InChI is InChI=1S/C24H27NO7/c1-30-19-11-12-21(20(13-19)22(26)27)32-23(28)18-9-7-16(8-10-18)14-25-24(29)31-15-17-5-3-2-4-6-17/h2-6,11-13,16,18H,7-10,14-15H2,1H3,(H,25,29)(H,26,27). The molecule has 1 aliphatic carbocycles. The van der Waals surface area contributed by atoms with Crippen LogP contribution in [0.5, 0.6) is 11.5 Å². The zero-order chi connectivity index (χ0) is 22.9. The molecule has 1 aliphatic rings. The Morgan fingerprint density at radius 2 is 1.75 bits per heavy atom. The van der Waals surface area contributed by atoms with Crippen LogP contribution in [0.15, 0.2) is 48.5 Å². The summed E-state index contributed by atoms with van der Waals surface area (Å²) >= 11 is 0. The number of hydrogen-bond donors (Lipinski definition) is 2. The first-order valence-electron chi connectivity index (χ1n) is 10.5. The highest BCUT2D eigenvalue weighted by Crippen LogP contribution is 2.31. The SMILES string of the molecule is COc1ccc(OC(=O)C2CCC(CNC(=O)OCc3ccccc3)CC2)c(C(=O)O)c1. The van der Waals surface area contributed by atoms with Gasteiger partial charge in [-0.15, -0.1) is 0 Å². The summed E-state index contributed by atoms with van der Waals surface area (Å²) in [5, 5.41) is 12.1. The van der Waals surface area contributed by atoms with Crippen molar-refractivity contribution in [3.8, 4) is 11.5 Å². The fourth-order valence-corrected chi connectivity index (χ4v) is 3.69. The van der Waals surface area contributed by atoms with Gasteiger partial charge in [-0.05, 0) is 55.4 Å². The number of nitrogens with one attached hydrogen (secondary N) is 1. The molecule has 2 N–H and O–H groups in total. The maximum atomic E-state index is 12.6. The number of esters is 1. The second kappa shape index (κ2) is 11.2. The summed E-state index contributed by atoms with van der Waals surface area (Å²) < 4.78 is 15.6. The van der Waals surface area contributed by atoms with E-state index in [1.165, 1.54) is 19.2 Å². The number of alkyl carbamates (subject to hydrolysis) is 1. The van der Waals surface area contributed by atoms with E-state index < -0.39 is 18.0 Å². The summed E-state index contributed by atoms with van der Waals surface area (Å²) in [5.41, 5.74) is 0.800. The van der Waals surface area contributed by atoms with E-state index in [0.29, 0.717) is 25.1 Å². The topological polar surface area (TPSA) is 111 Å². The number of carboxylic acid groups (broad SMARTS) is 1. The van der Waals surface area contributed by atoms with E-state index in [9.17, 15) is 19.5 Å². The van der Waals surface area contributed by atoms with Gasteiger partial charge in [0.05, 0.1) is 13.0 Å². The normalized spacial score (nSPS) is 17.8. The largest absolute Gasteiger partial charge is 0.497 e. The minimum absolute atomic E-state index is 0.00764. The van der Waals surface area contributed by atoms with Gasteiger partial charge >= 0.3 is 18.0 Å². The molecule has 8 nitrogen and oxygen atoms in total. The molecule has 1 saturated carbocycles. The molecule has 0 radical (unpaired) electrons. The highest BCUT2D eigenvalue weighted by Gasteiger charge is 2.29. The Labute approximate surface area is 186 Å². The zero-order valence-corrected chi connectivity index (χ0v) is 17.9. The summed E-state index contributed by atoms with van der Waals surface area (Å²) in [6, 6.07) is 13.7. The number of carbonyl (C=O) groups is 3. The monoisotopic (exact) mass is 441 g/mol. The van der Waals surface area contributed by atoms with Gasteiger partial charge in [-0.25, -0.2) is 9.59 Å². The predicted molar refractivity (Wildman–Crippen MR) is 116 cm³/mol. The van der Waals surface area contributed by atoms with Crippen molar-refractivity contribution >= 4 is 18.0 Å². The number of carboxylic acids is 1. The Balaban J connectivity index is 1.42. The summed E-state index contributed by atoms with van der Waals surface area (Å²) in [6.45, 7) is 0.700. The number of benzene rings is 2. The smallest absolute Gasteiger partial charge is 0.407 e. The van der Waals surface area contributed by atoms with E-state index >= 15 is 0 Å². The zero-order valence-electron chi connectivity index (χ0n) is 17.9. The van der Waals surface area contributed by atoms with Crippen LogP contribution in [-0.2, 0) is 16.1 Å². The van der Waals surface area contributed by atoms with Crippen LogP contribution in [0.3, 0.4) is 0 Å². The van der Waals surface area contributed by atoms with Crippen LogP contribution >= 0.6 is 0 Å². The van der Waals surface area contributed by atoms with Crippen molar-refractivity contribution in [3.63, 3.8) is 0 Å². The highest BCUT2D eigenvalue weighted by atomic mass is 16.5. The van der Waals surface area contributed by atoms with Crippen LogP contribution in [0.4, 0.5) is 4.79 Å². The number of ether oxygens (including phenoxy) is 3. The van der Waals surface area contributed by atoms with Crippen molar-refractivity contribution in [3.05, 3.63) is 59.7 Å². The van der Waals surface area contributed by atoms with E-state index in [1.807, 2.05) is 30.3 Å². The molecule has 8 heteroatoms. The van der Waals surface area contributed by atoms with Crippen molar-refractivity contribution in [2.75, 3.05) is 13.7 Å². The molecule has 3 rings (SSSR count). The van der Waals surface area contributed by atoms with Gasteiger partial charge in [0.25, 0.3) is 0 Å². The van der Waals surface area contributed by atoms with E-state index in [1.54, 1.807) is 6.07 Å². The van der Waals surface area contributed by atoms with Gasteiger partial charge in [0, 0.05) is 6.54 Å². The van der Waals surface area contributed by atoms with Gasteiger partial charge in [0.2, 0.25) is 0 Å². The molecule has 0 aromatic heterocycles. The molecule has 0 unspecified atom stereocenters. The fraction of sp³-hybridized carbons (Fsp3) is 0.375. The van der Waals surface area contributed by atoms with E-state index in [-0.39, 0.29) is 29.8 Å². The number of hydrogen-bond acceptors (Lipinski definition) is 6. The average molecular weight is 441 g/mol. The Morgan fingerprint density at radius 3 is 2.41 bits per heavy atom. The quantitative estimate of drug-likeness (QED) is 0.470. The van der Waals surface area contributed by atoms with Crippen LogP contribution in [0, 0.1) is 11.8 Å². The van der Waals surface area contributed by atoms with Crippen molar-refractivity contribution in [1.82, 2.24) is 5.32 Å². The van der Waals surface area contributed by atoms with E-state index in [0.717, 1.165) is 18.4 Å². The van der Waals surface area contributed by atoms with Crippen molar-refractivity contribution in [1.29, 1.82) is 0 Å². The molecule has 0 aliphatic heterocycles. The van der Waals surface area contributed by atoms with E-state index in [2.05, 4.69) is 5.32 Å². The van der Waals surface area contributed by atoms with Crippen LogP contribution in [0.1, 0.15) is 41.6 Å². The number of rotatable bonds is 8. The van der Waals surface area contributed by atoms with Crippen LogP contribution in [-0.4, -0.2) is 36.8 Å². The lowest BCUT2D eigenvalue weighted by Gasteiger charge is -2.27. The average Bonchev–Trinajstić information content (AvgIpc) is 2.82. The van der Waals surface area contributed by atoms with Crippen molar-refractivity contribution in [2.45, 2.75) is 32.3 Å².